The van der Waals surface area contributed by atoms with Crippen LogP contribution in [0.15, 0.2) is 78.9 Å². The molecule has 0 aliphatic heterocycles. The van der Waals surface area contributed by atoms with Crippen molar-refractivity contribution in [1.29, 1.82) is 0 Å². The lowest BCUT2D eigenvalue weighted by molar-refractivity contribution is 0.0951. The van der Waals surface area contributed by atoms with Crippen molar-refractivity contribution in [3.63, 3.8) is 0 Å². The minimum Gasteiger partial charge on any atom is -0.457 e. The number of amides is 1. The molecule has 0 aliphatic rings. The topological polar surface area (TPSA) is 47.6 Å². The van der Waals surface area contributed by atoms with Gasteiger partial charge in [0.1, 0.15) is 11.5 Å². The second-order valence-corrected chi connectivity index (χ2v) is 5.88. The molecule has 0 saturated heterocycles. The number of carbonyl (C=O) groups is 1. The predicted molar refractivity (Wildman–Crippen MR) is 101 cm³/mol. The summed E-state index contributed by atoms with van der Waals surface area (Å²) in [5, 5.41) is 2.93. The summed E-state index contributed by atoms with van der Waals surface area (Å²) < 4.78 is 10.9. The van der Waals surface area contributed by atoms with Gasteiger partial charge in [0.25, 0.3) is 5.91 Å². The lowest BCUT2D eigenvalue weighted by atomic mass is 10.1. The number of benzene rings is 3. The van der Waals surface area contributed by atoms with Crippen LogP contribution >= 0.6 is 0 Å². The van der Waals surface area contributed by atoms with Crippen LogP contribution < -0.4 is 10.1 Å². The first-order chi connectivity index (χ1) is 12.7. The predicted octanol–water partition coefficient (Wildman–Crippen LogP) is 4.56. The van der Waals surface area contributed by atoms with Gasteiger partial charge in [0.05, 0.1) is 6.61 Å². The summed E-state index contributed by atoms with van der Waals surface area (Å²) in [6.07, 6.45) is 0. The summed E-state index contributed by atoms with van der Waals surface area (Å²) in [5.41, 5.74) is 2.72. The van der Waals surface area contributed by atoms with Crippen LogP contribution in [0.5, 0.6) is 11.5 Å². The molecule has 0 radical (unpaired) electrons. The fourth-order valence-electron chi connectivity index (χ4n) is 2.58. The van der Waals surface area contributed by atoms with E-state index in [1.807, 2.05) is 54.6 Å². The van der Waals surface area contributed by atoms with Gasteiger partial charge >= 0.3 is 0 Å². The Kier molecular flexibility index (Phi) is 6.01. The van der Waals surface area contributed by atoms with Crippen LogP contribution in [0.25, 0.3) is 0 Å². The van der Waals surface area contributed by atoms with Gasteiger partial charge in [-0.15, -0.1) is 0 Å². The zero-order valence-electron chi connectivity index (χ0n) is 14.6. The molecule has 0 unspecified atom stereocenters. The van der Waals surface area contributed by atoms with Gasteiger partial charge in [0.15, 0.2) is 0 Å². The van der Waals surface area contributed by atoms with Crippen molar-refractivity contribution in [3.8, 4) is 11.5 Å². The highest BCUT2D eigenvalue weighted by atomic mass is 16.5. The first-order valence-electron chi connectivity index (χ1n) is 8.42. The van der Waals surface area contributed by atoms with Crippen molar-refractivity contribution >= 4 is 5.91 Å². The average Bonchev–Trinajstić information content (AvgIpc) is 2.68. The van der Waals surface area contributed by atoms with Crippen LogP contribution in [0.4, 0.5) is 0 Å². The van der Waals surface area contributed by atoms with Gasteiger partial charge in [-0.2, -0.15) is 0 Å². The quantitative estimate of drug-likeness (QED) is 0.682. The first kappa shape index (κ1) is 17.7. The molecule has 0 fully saturated rings. The zero-order valence-corrected chi connectivity index (χ0v) is 14.6. The molecule has 0 atom stereocenters. The van der Waals surface area contributed by atoms with E-state index in [2.05, 4.69) is 5.32 Å². The molecule has 3 aromatic rings. The molecule has 26 heavy (non-hydrogen) atoms. The van der Waals surface area contributed by atoms with Gasteiger partial charge < -0.3 is 14.8 Å². The van der Waals surface area contributed by atoms with Gasteiger partial charge in [-0.25, -0.2) is 0 Å². The fourth-order valence-corrected chi connectivity index (χ4v) is 2.58. The minimum atomic E-state index is -0.117. The Bertz CT molecular complexity index is 845. The molecule has 3 rings (SSSR count). The van der Waals surface area contributed by atoms with E-state index in [0.717, 1.165) is 16.9 Å². The van der Waals surface area contributed by atoms with Crippen LogP contribution in [-0.4, -0.2) is 13.0 Å². The van der Waals surface area contributed by atoms with Crippen LogP contribution in [0.1, 0.15) is 21.5 Å². The number of hydrogen-bond donors (Lipinski definition) is 1. The normalized spacial score (nSPS) is 10.3. The molecule has 132 valence electrons. The molecule has 1 N–H and O–H groups in total. The number of carbonyl (C=O) groups excluding carboxylic acids is 1. The largest absolute Gasteiger partial charge is 0.457 e. The Balaban J connectivity index is 1.57. The highest BCUT2D eigenvalue weighted by molar-refractivity contribution is 5.94. The van der Waals surface area contributed by atoms with Crippen molar-refractivity contribution in [2.45, 2.75) is 13.2 Å². The number of methoxy groups -OCH3 is 1. The second-order valence-electron chi connectivity index (χ2n) is 5.88. The Morgan fingerprint density at radius 2 is 1.54 bits per heavy atom. The highest BCUT2D eigenvalue weighted by Gasteiger charge is 2.06. The third kappa shape index (κ3) is 4.94. The van der Waals surface area contributed by atoms with E-state index in [0.29, 0.717) is 24.5 Å². The monoisotopic (exact) mass is 347 g/mol. The maximum Gasteiger partial charge on any atom is 0.251 e. The van der Waals surface area contributed by atoms with E-state index < -0.39 is 0 Å². The molecular formula is C22H21NO3. The fraction of sp³-hybridized carbons (Fsp3) is 0.136. The van der Waals surface area contributed by atoms with Crippen LogP contribution in [0.3, 0.4) is 0 Å². The number of rotatable bonds is 7. The van der Waals surface area contributed by atoms with Gasteiger partial charge in [-0.3, -0.25) is 4.79 Å². The van der Waals surface area contributed by atoms with Gasteiger partial charge in [-0.1, -0.05) is 42.5 Å². The third-order valence-electron chi connectivity index (χ3n) is 3.85. The summed E-state index contributed by atoms with van der Waals surface area (Å²) in [6.45, 7) is 1.03. The molecular weight excluding hydrogens is 326 g/mol. The third-order valence-corrected chi connectivity index (χ3v) is 3.85. The van der Waals surface area contributed by atoms with Gasteiger partial charge in [-0.05, 0) is 47.5 Å². The Labute approximate surface area is 153 Å². The number of hydrogen-bond acceptors (Lipinski definition) is 3. The molecule has 0 heterocycles. The lowest BCUT2D eigenvalue weighted by Gasteiger charge is -2.09. The van der Waals surface area contributed by atoms with E-state index in [1.54, 1.807) is 31.4 Å². The number of nitrogens with one attached hydrogen (secondary N) is 1. The zero-order chi connectivity index (χ0) is 18.2. The summed E-state index contributed by atoms with van der Waals surface area (Å²) in [5.74, 6) is 1.34. The van der Waals surface area contributed by atoms with Crippen LogP contribution in [-0.2, 0) is 17.9 Å². The van der Waals surface area contributed by atoms with E-state index in [4.69, 9.17) is 9.47 Å². The van der Waals surface area contributed by atoms with Crippen molar-refractivity contribution in [2.75, 3.05) is 7.11 Å². The summed E-state index contributed by atoms with van der Waals surface area (Å²) in [4.78, 5) is 12.3. The standard InChI is InChI=1S/C22H21NO3/c1-25-16-18-7-5-6-17(14-18)15-23-22(24)19-10-12-21(13-11-19)26-20-8-3-2-4-9-20/h2-14H,15-16H2,1H3,(H,23,24). The van der Waals surface area contributed by atoms with Gasteiger partial charge in [0, 0.05) is 19.2 Å². The minimum absolute atomic E-state index is 0.117. The van der Waals surface area contributed by atoms with E-state index in [-0.39, 0.29) is 5.91 Å². The number of ether oxygens (including phenoxy) is 2. The second kappa shape index (κ2) is 8.83. The smallest absolute Gasteiger partial charge is 0.251 e. The molecule has 0 aliphatic carbocycles. The molecule has 3 aromatic carbocycles. The molecule has 1 amide bonds. The van der Waals surface area contributed by atoms with Crippen molar-refractivity contribution in [2.24, 2.45) is 0 Å². The summed E-state index contributed by atoms with van der Waals surface area (Å²) >= 11 is 0. The Hall–Kier alpha value is -3.11. The van der Waals surface area contributed by atoms with Crippen molar-refractivity contribution < 1.29 is 14.3 Å². The van der Waals surface area contributed by atoms with Gasteiger partial charge in [0.2, 0.25) is 0 Å². The first-order valence-corrected chi connectivity index (χ1v) is 8.42. The average molecular weight is 347 g/mol. The highest BCUT2D eigenvalue weighted by Crippen LogP contribution is 2.21. The van der Waals surface area contributed by atoms with Crippen LogP contribution in [0, 0.1) is 0 Å². The van der Waals surface area contributed by atoms with Crippen molar-refractivity contribution in [1.82, 2.24) is 5.32 Å². The molecule has 0 aromatic heterocycles. The van der Waals surface area contributed by atoms with Crippen molar-refractivity contribution in [3.05, 3.63) is 95.6 Å². The SMILES string of the molecule is COCc1cccc(CNC(=O)c2ccc(Oc3ccccc3)cc2)c1. The number of para-hydroxylation sites is 1. The lowest BCUT2D eigenvalue weighted by Crippen LogP contribution is -2.22. The maximum absolute atomic E-state index is 12.3. The Morgan fingerprint density at radius 1 is 0.846 bits per heavy atom. The maximum atomic E-state index is 12.3. The molecule has 4 heteroatoms. The van der Waals surface area contributed by atoms with Crippen LogP contribution in [0.2, 0.25) is 0 Å². The van der Waals surface area contributed by atoms with E-state index in [1.165, 1.54) is 0 Å². The van der Waals surface area contributed by atoms with E-state index in [9.17, 15) is 4.79 Å². The Morgan fingerprint density at radius 3 is 2.27 bits per heavy atom. The molecule has 0 saturated carbocycles. The molecule has 0 spiro atoms. The molecule has 4 nitrogen and oxygen atoms in total. The summed E-state index contributed by atoms with van der Waals surface area (Å²) in [6, 6.07) is 24.6. The molecule has 0 bridgehead atoms. The summed E-state index contributed by atoms with van der Waals surface area (Å²) in [7, 11) is 1.67. The van der Waals surface area contributed by atoms with E-state index >= 15 is 0 Å².